The minimum atomic E-state index is 0.477. The van der Waals surface area contributed by atoms with E-state index in [1.54, 1.807) is 5.57 Å². The summed E-state index contributed by atoms with van der Waals surface area (Å²) in [5.74, 6) is 2.80. The van der Waals surface area contributed by atoms with Crippen molar-refractivity contribution in [2.24, 2.45) is 34.0 Å². The minimum absolute atomic E-state index is 0.477. The van der Waals surface area contributed by atoms with E-state index in [0.29, 0.717) is 16.2 Å². The average Bonchev–Trinajstić information content (AvgIpc) is 2.85. The highest BCUT2D eigenvalue weighted by Gasteiger charge is 2.63. The van der Waals surface area contributed by atoms with E-state index in [2.05, 4.69) is 46.8 Å². The molecule has 0 nitrogen and oxygen atoms in total. The molecule has 0 N–H and O–H groups in total. The molecular formula is C24H38. The van der Waals surface area contributed by atoms with Crippen LogP contribution in [-0.4, -0.2) is 0 Å². The molecule has 3 fully saturated rings. The molecule has 0 radical (unpaired) electrons. The molecule has 3 saturated carbocycles. The highest BCUT2D eigenvalue weighted by molar-refractivity contribution is 5.32. The Bertz CT molecular complexity index is 581. The van der Waals surface area contributed by atoms with Crippen molar-refractivity contribution in [1.29, 1.82) is 0 Å². The zero-order chi connectivity index (χ0) is 17.2. The molecule has 0 aromatic heterocycles. The van der Waals surface area contributed by atoms with Gasteiger partial charge in [-0.15, -0.1) is 0 Å². The molecule has 24 heavy (non-hydrogen) atoms. The first-order chi connectivity index (χ1) is 11.4. The summed E-state index contributed by atoms with van der Waals surface area (Å²) in [6.07, 6.45) is 18.0. The lowest BCUT2D eigenvalue weighted by molar-refractivity contribution is -0.0848. The Labute approximate surface area is 150 Å². The van der Waals surface area contributed by atoms with Gasteiger partial charge >= 0.3 is 0 Å². The molecule has 0 spiro atoms. The van der Waals surface area contributed by atoms with E-state index in [4.69, 9.17) is 0 Å². The number of hydrogen-bond donors (Lipinski definition) is 0. The first-order valence-corrected chi connectivity index (χ1v) is 10.8. The van der Waals surface area contributed by atoms with E-state index in [0.717, 1.165) is 17.8 Å². The predicted molar refractivity (Wildman–Crippen MR) is 104 cm³/mol. The van der Waals surface area contributed by atoms with Crippen LogP contribution < -0.4 is 0 Å². The molecule has 0 amide bonds. The van der Waals surface area contributed by atoms with Gasteiger partial charge in [-0.2, -0.15) is 0 Å². The average molecular weight is 327 g/mol. The maximum Gasteiger partial charge on any atom is -0.00593 e. The monoisotopic (exact) mass is 326 g/mol. The largest absolute Gasteiger partial charge is 0.0879 e. The predicted octanol–water partition coefficient (Wildman–Crippen LogP) is 7.31. The Morgan fingerprint density at radius 3 is 2.62 bits per heavy atom. The lowest BCUT2D eigenvalue weighted by Gasteiger charge is -2.62. The number of allylic oxidation sites excluding steroid dienone is 4. The van der Waals surface area contributed by atoms with Crippen molar-refractivity contribution >= 4 is 0 Å². The molecule has 4 aliphatic carbocycles. The molecule has 0 aromatic rings. The fourth-order valence-corrected chi connectivity index (χ4v) is 7.98. The molecule has 0 aliphatic heterocycles. The second kappa shape index (κ2) is 5.49. The van der Waals surface area contributed by atoms with E-state index in [1.807, 2.05) is 5.57 Å². The van der Waals surface area contributed by atoms with Crippen LogP contribution in [0.4, 0.5) is 0 Å². The van der Waals surface area contributed by atoms with Crippen molar-refractivity contribution in [3.05, 3.63) is 23.3 Å². The fourth-order valence-electron chi connectivity index (χ4n) is 7.98. The molecule has 0 bridgehead atoms. The van der Waals surface area contributed by atoms with Crippen molar-refractivity contribution in [2.45, 2.75) is 92.4 Å². The van der Waals surface area contributed by atoms with Gasteiger partial charge in [-0.05, 0) is 98.7 Å². The van der Waals surface area contributed by atoms with Crippen LogP contribution >= 0.6 is 0 Å². The van der Waals surface area contributed by atoms with E-state index >= 15 is 0 Å². The first kappa shape index (κ1) is 16.9. The van der Waals surface area contributed by atoms with Crippen LogP contribution in [0, 0.1) is 34.0 Å². The van der Waals surface area contributed by atoms with Gasteiger partial charge in [0.15, 0.2) is 0 Å². The van der Waals surface area contributed by atoms with E-state index < -0.39 is 0 Å². The van der Waals surface area contributed by atoms with Gasteiger partial charge in [-0.3, -0.25) is 0 Å². The van der Waals surface area contributed by atoms with Gasteiger partial charge in [-0.25, -0.2) is 0 Å². The Kier molecular flexibility index (Phi) is 3.87. The number of rotatable bonds is 1. The van der Waals surface area contributed by atoms with Crippen LogP contribution in [-0.2, 0) is 0 Å². The third-order valence-electron chi connectivity index (χ3n) is 9.74. The molecule has 4 aliphatic rings. The maximum absolute atomic E-state index is 2.74. The molecule has 0 saturated heterocycles. The van der Waals surface area contributed by atoms with Crippen LogP contribution in [0.5, 0.6) is 0 Å². The smallest absolute Gasteiger partial charge is 0.00593 e. The van der Waals surface area contributed by atoms with Gasteiger partial charge in [0.05, 0.1) is 0 Å². The molecular weight excluding hydrogens is 288 g/mol. The van der Waals surface area contributed by atoms with E-state index in [-0.39, 0.29) is 0 Å². The molecule has 0 aromatic carbocycles. The topological polar surface area (TPSA) is 0 Å². The number of fused-ring (bicyclic) bond motifs is 5. The third-order valence-corrected chi connectivity index (χ3v) is 9.74. The first-order valence-electron chi connectivity index (χ1n) is 10.8. The van der Waals surface area contributed by atoms with Crippen LogP contribution in [0.2, 0.25) is 0 Å². The van der Waals surface area contributed by atoms with Gasteiger partial charge < -0.3 is 0 Å². The summed E-state index contributed by atoms with van der Waals surface area (Å²) in [6.45, 7) is 12.5. The van der Waals surface area contributed by atoms with Crippen LogP contribution in [0.1, 0.15) is 92.4 Å². The molecule has 0 heteroatoms. The summed E-state index contributed by atoms with van der Waals surface area (Å²) >= 11 is 0. The van der Waals surface area contributed by atoms with Crippen molar-refractivity contribution in [3.8, 4) is 0 Å². The Morgan fingerprint density at radius 2 is 1.92 bits per heavy atom. The Hall–Kier alpha value is -0.520. The quantitative estimate of drug-likeness (QED) is 0.443. The van der Waals surface area contributed by atoms with E-state index in [9.17, 15) is 0 Å². The Balaban J connectivity index is 1.77. The SMILES string of the molecule is C/C=C1/CC[C@@]2(C)C3CC=C4CC(C)CCC4(CC)[C@H]3CCC12C. The summed E-state index contributed by atoms with van der Waals surface area (Å²) in [4.78, 5) is 0. The van der Waals surface area contributed by atoms with Gasteiger partial charge in [0.1, 0.15) is 0 Å². The zero-order valence-electron chi connectivity index (χ0n) is 16.8. The normalized spacial score (nSPS) is 52.5. The van der Waals surface area contributed by atoms with Gasteiger partial charge in [-0.1, -0.05) is 51.0 Å². The van der Waals surface area contributed by atoms with Crippen LogP contribution in [0.25, 0.3) is 0 Å². The standard InChI is InChI=1S/C24H38/c1-6-18-11-13-23(5)20-9-8-19-16-17(3)10-15-24(19,7-2)21(20)12-14-22(18,23)4/h6,8,17,20-21H,7,9-16H2,1-5H3/b18-6-/t17?,20?,21-,22?,23-,24?/m0/s1. The highest BCUT2D eigenvalue weighted by atomic mass is 14.7. The zero-order valence-corrected chi connectivity index (χ0v) is 16.8. The second-order valence-electron chi connectivity index (χ2n) is 10.1. The highest BCUT2D eigenvalue weighted by Crippen LogP contribution is 2.72. The van der Waals surface area contributed by atoms with Crippen LogP contribution in [0.15, 0.2) is 23.3 Å². The maximum atomic E-state index is 2.74. The summed E-state index contributed by atoms with van der Waals surface area (Å²) in [6, 6.07) is 0. The lowest BCUT2D eigenvalue weighted by atomic mass is 9.42. The second-order valence-corrected chi connectivity index (χ2v) is 10.1. The van der Waals surface area contributed by atoms with Crippen LogP contribution in [0.3, 0.4) is 0 Å². The molecule has 0 heterocycles. The minimum Gasteiger partial charge on any atom is -0.0879 e. The van der Waals surface area contributed by atoms with Crippen molar-refractivity contribution in [3.63, 3.8) is 0 Å². The fraction of sp³-hybridized carbons (Fsp3) is 0.833. The number of hydrogen-bond acceptors (Lipinski definition) is 0. The molecule has 4 rings (SSSR count). The molecule has 4 unspecified atom stereocenters. The molecule has 6 atom stereocenters. The molecule has 134 valence electrons. The van der Waals surface area contributed by atoms with Gasteiger partial charge in [0.2, 0.25) is 0 Å². The van der Waals surface area contributed by atoms with Crippen molar-refractivity contribution < 1.29 is 0 Å². The van der Waals surface area contributed by atoms with Gasteiger partial charge in [0, 0.05) is 0 Å². The van der Waals surface area contributed by atoms with Gasteiger partial charge in [0.25, 0.3) is 0 Å². The van der Waals surface area contributed by atoms with E-state index in [1.165, 1.54) is 57.8 Å². The van der Waals surface area contributed by atoms with Crippen molar-refractivity contribution in [2.75, 3.05) is 0 Å². The summed E-state index contributed by atoms with van der Waals surface area (Å²) in [5.41, 5.74) is 5.23. The summed E-state index contributed by atoms with van der Waals surface area (Å²) < 4.78 is 0. The summed E-state index contributed by atoms with van der Waals surface area (Å²) in [7, 11) is 0. The Morgan fingerprint density at radius 1 is 1.12 bits per heavy atom. The third kappa shape index (κ3) is 1.92. The summed E-state index contributed by atoms with van der Waals surface area (Å²) in [5, 5.41) is 0. The van der Waals surface area contributed by atoms with Crippen molar-refractivity contribution in [1.82, 2.24) is 0 Å². The lowest BCUT2D eigenvalue weighted by Crippen LogP contribution is -2.54.